The number of carboxylic acids is 1. The summed E-state index contributed by atoms with van der Waals surface area (Å²) in [6.45, 7) is 7.48. The van der Waals surface area contributed by atoms with Gasteiger partial charge in [0.1, 0.15) is 0 Å². The number of likely N-dealkylation sites (tertiary alicyclic amines) is 1. The minimum Gasteiger partial charge on any atom is -0.481 e. The lowest BCUT2D eigenvalue weighted by molar-refractivity contribution is -0.143. The van der Waals surface area contributed by atoms with Gasteiger partial charge in [-0.2, -0.15) is 0 Å². The predicted molar refractivity (Wildman–Crippen MR) is 90.9 cm³/mol. The summed E-state index contributed by atoms with van der Waals surface area (Å²) in [5, 5.41) is 9.19. The van der Waals surface area contributed by atoms with Gasteiger partial charge in [0.25, 0.3) is 0 Å². The minimum atomic E-state index is -0.757. The number of hydrogen-bond acceptors (Lipinski definition) is 3. The highest BCUT2D eigenvalue weighted by atomic mass is 16.4. The van der Waals surface area contributed by atoms with Gasteiger partial charge in [0.05, 0.1) is 12.0 Å². The first-order chi connectivity index (χ1) is 10.9. The molecule has 1 heterocycles. The van der Waals surface area contributed by atoms with Gasteiger partial charge in [0.15, 0.2) is 5.78 Å². The molecule has 3 atom stereocenters. The average molecular weight is 317 g/mol. The van der Waals surface area contributed by atoms with E-state index in [1.807, 2.05) is 36.1 Å². The third kappa shape index (κ3) is 4.20. The van der Waals surface area contributed by atoms with Crippen LogP contribution in [0.5, 0.6) is 0 Å². The van der Waals surface area contributed by atoms with E-state index in [4.69, 9.17) is 0 Å². The van der Waals surface area contributed by atoms with Gasteiger partial charge in [-0.1, -0.05) is 38.1 Å². The molecule has 23 heavy (non-hydrogen) atoms. The van der Waals surface area contributed by atoms with E-state index in [2.05, 4.69) is 13.8 Å². The van der Waals surface area contributed by atoms with Gasteiger partial charge in [-0.05, 0) is 44.2 Å². The Hall–Kier alpha value is -1.68. The highest BCUT2D eigenvalue weighted by Gasteiger charge is 2.30. The Morgan fingerprint density at radius 2 is 1.91 bits per heavy atom. The molecule has 0 amide bonds. The van der Waals surface area contributed by atoms with E-state index in [1.54, 1.807) is 0 Å². The largest absolute Gasteiger partial charge is 0.481 e. The molecule has 0 spiro atoms. The first kappa shape index (κ1) is 17.7. The third-order valence-corrected chi connectivity index (χ3v) is 5.11. The summed E-state index contributed by atoms with van der Waals surface area (Å²) in [6.07, 6.45) is 2.62. The number of piperidine rings is 1. The van der Waals surface area contributed by atoms with Crippen LogP contribution in [0.2, 0.25) is 0 Å². The Balaban J connectivity index is 2.05. The SMILES string of the molecule is CCC(C)c1ccc(C(=O)C(C)N2CCCC(C(=O)O)C2)cc1. The normalized spacial score (nSPS) is 21.6. The zero-order chi connectivity index (χ0) is 17.0. The van der Waals surface area contributed by atoms with Gasteiger partial charge in [0.2, 0.25) is 0 Å². The molecule has 1 aliphatic heterocycles. The van der Waals surface area contributed by atoms with E-state index >= 15 is 0 Å². The lowest BCUT2D eigenvalue weighted by Crippen LogP contribution is -2.46. The van der Waals surface area contributed by atoms with Crippen molar-refractivity contribution in [1.82, 2.24) is 4.90 Å². The van der Waals surface area contributed by atoms with Gasteiger partial charge in [-0.3, -0.25) is 14.5 Å². The molecule has 1 aromatic rings. The molecule has 4 heteroatoms. The molecule has 0 saturated carbocycles. The van der Waals surface area contributed by atoms with E-state index in [-0.39, 0.29) is 17.7 Å². The smallest absolute Gasteiger partial charge is 0.307 e. The molecule has 4 nitrogen and oxygen atoms in total. The summed E-state index contributed by atoms with van der Waals surface area (Å²) in [4.78, 5) is 25.9. The number of carboxylic acid groups (broad SMARTS) is 1. The van der Waals surface area contributed by atoms with Crippen LogP contribution in [-0.2, 0) is 4.79 Å². The molecular weight excluding hydrogens is 290 g/mol. The van der Waals surface area contributed by atoms with Gasteiger partial charge in [-0.25, -0.2) is 0 Å². The Morgan fingerprint density at radius 1 is 1.26 bits per heavy atom. The van der Waals surface area contributed by atoms with Crippen molar-refractivity contribution < 1.29 is 14.7 Å². The van der Waals surface area contributed by atoms with Crippen molar-refractivity contribution in [3.05, 3.63) is 35.4 Å². The van der Waals surface area contributed by atoms with Crippen LogP contribution in [-0.4, -0.2) is 40.9 Å². The predicted octanol–water partition coefficient (Wildman–Crippen LogP) is 3.57. The van der Waals surface area contributed by atoms with E-state index in [0.29, 0.717) is 24.4 Å². The van der Waals surface area contributed by atoms with Gasteiger partial charge in [0, 0.05) is 12.1 Å². The molecule has 1 N–H and O–H groups in total. The summed E-state index contributed by atoms with van der Waals surface area (Å²) in [6, 6.07) is 7.60. The average Bonchev–Trinajstić information content (AvgIpc) is 2.60. The van der Waals surface area contributed by atoms with E-state index in [1.165, 1.54) is 5.56 Å². The van der Waals surface area contributed by atoms with Crippen molar-refractivity contribution in [2.75, 3.05) is 13.1 Å². The van der Waals surface area contributed by atoms with E-state index in [0.717, 1.165) is 19.4 Å². The summed E-state index contributed by atoms with van der Waals surface area (Å²) in [5.74, 6) is -0.541. The van der Waals surface area contributed by atoms with Crippen LogP contribution < -0.4 is 0 Å². The topological polar surface area (TPSA) is 57.6 Å². The van der Waals surface area contributed by atoms with Gasteiger partial charge < -0.3 is 5.11 Å². The molecule has 0 aromatic heterocycles. The van der Waals surface area contributed by atoms with E-state index < -0.39 is 5.97 Å². The quantitative estimate of drug-likeness (QED) is 0.815. The first-order valence-corrected chi connectivity index (χ1v) is 8.55. The number of hydrogen-bond donors (Lipinski definition) is 1. The summed E-state index contributed by atoms with van der Waals surface area (Å²) in [5.41, 5.74) is 1.96. The van der Waals surface area contributed by atoms with Crippen LogP contribution in [0.4, 0.5) is 0 Å². The summed E-state index contributed by atoms with van der Waals surface area (Å²) < 4.78 is 0. The van der Waals surface area contributed by atoms with Crippen LogP contribution in [0.15, 0.2) is 24.3 Å². The standard InChI is InChI=1S/C19H27NO3/c1-4-13(2)15-7-9-16(10-8-15)18(21)14(3)20-11-5-6-17(12-20)19(22)23/h7-10,13-14,17H,4-6,11-12H2,1-3H3,(H,22,23). The number of benzene rings is 1. The van der Waals surface area contributed by atoms with E-state index in [9.17, 15) is 14.7 Å². The van der Waals surface area contributed by atoms with Gasteiger partial charge >= 0.3 is 5.97 Å². The maximum absolute atomic E-state index is 12.7. The second-order valence-electron chi connectivity index (χ2n) is 6.64. The second kappa shape index (κ2) is 7.73. The maximum atomic E-state index is 12.7. The van der Waals surface area contributed by atoms with Crippen molar-refractivity contribution >= 4 is 11.8 Å². The fourth-order valence-corrected chi connectivity index (χ4v) is 3.18. The zero-order valence-corrected chi connectivity index (χ0v) is 14.3. The fraction of sp³-hybridized carbons (Fsp3) is 0.579. The molecule has 1 fully saturated rings. The molecular formula is C19H27NO3. The highest BCUT2D eigenvalue weighted by molar-refractivity contribution is 5.99. The van der Waals surface area contributed by atoms with Crippen LogP contribution in [0.3, 0.4) is 0 Å². The lowest BCUT2D eigenvalue weighted by atomic mass is 9.93. The molecule has 1 aliphatic rings. The Kier molecular flexibility index (Phi) is 5.94. The second-order valence-corrected chi connectivity index (χ2v) is 6.64. The third-order valence-electron chi connectivity index (χ3n) is 5.11. The molecule has 1 aromatic carbocycles. The minimum absolute atomic E-state index is 0.0757. The highest BCUT2D eigenvalue weighted by Crippen LogP contribution is 2.22. The number of carbonyl (C=O) groups excluding carboxylic acids is 1. The number of rotatable bonds is 6. The first-order valence-electron chi connectivity index (χ1n) is 8.55. The van der Waals surface area contributed by atoms with Crippen LogP contribution in [0.1, 0.15) is 61.9 Å². The maximum Gasteiger partial charge on any atom is 0.307 e. The summed E-state index contributed by atoms with van der Waals surface area (Å²) >= 11 is 0. The molecule has 3 unspecified atom stereocenters. The van der Waals surface area contributed by atoms with Crippen molar-refractivity contribution in [3.8, 4) is 0 Å². The lowest BCUT2D eigenvalue weighted by Gasteiger charge is -2.34. The van der Waals surface area contributed by atoms with Crippen LogP contribution >= 0.6 is 0 Å². The number of Topliss-reactive ketones (excluding diaryl/α,β-unsaturated/α-hetero) is 1. The van der Waals surface area contributed by atoms with Crippen LogP contribution in [0.25, 0.3) is 0 Å². The number of carbonyl (C=O) groups is 2. The number of aliphatic carboxylic acids is 1. The molecule has 2 rings (SSSR count). The number of nitrogens with zero attached hydrogens (tertiary/aromatic N) is 1. The summed E-state index contributed by atoms with van der Waals surface area (Å²) in [7, 11) is 0. The molecule has 0 aliphatic carbocycles. The van der Waals surface area contributed by atoms with Crippen molar-refractivity contribution in [2.45, 2.75) is 52.0 Å². The van der Waals surface area contributed by atoms with Gasteiger partial charge in [-0.15, -0.1) is 0 Å². The monoisotopic (exact) mass is 317 g/mol. The Bertz CT molecular complexity index is 552. The molecule has 0 radical (unpaired) electrons. The Labute approximate surface area is 138 Å². The molecule has 0 bridgehead atoms. The number of ketones is 1. The fourth-order valence-electron chi connectivity index (χ4n) is 3.18. The Morgan fingerprint density at radius 3 is 2.48 bits per heavy atom. The molecule has 126 valence electrons. The van der Waals surface area contributed by atoms with Crippen molar-refractivity contribution in [3.63, 3.8) is 0 Å². The molecule has 1 saturated heterocycles. The van der Waals surface area contributed by atoms with Crippen molar-refractivity contribution in [2.24, 2.45) is 5.92 Å². The van der Waals surface area contributed by atoms with Crippen LogP contribution in [0, 0.1) is 5.92 Å². The zero-order valence-electron chi connectivity index (χ0n) is 14.3. The van der Waals surface area contributed by atoms with Crippen molar-refractivity contribution in [1.29, 1.82) is 0 Å².